The molecular formula is C9H16N6O2. The Morgan fingerprint density at radius 3 is 2.47 bits per heavy atom. The van der Waals surface area contributed by atoms with Gasteiger partial charge in [0.25, 0.3) is 0 Å². The van der Waals surface area contributed by atoms with Crippen LogP contribution in [0.25, 0.3) is 0 Å². The molecule has 1 N–H and O–H groups in total. The fraction of sp³-hybridized carbons (Fsp3) is 0.778. The molecule has 8 nitrogen and oxygen atoms in total. The number of aromatic nitrogens is 4. The summed E-state index contributed by atoms with van der Waals surface area (Å²) in [5, 5.41) is 20.5. The molecule has 1 aliphatic rings. The number of aryl methyl sites for hydroxylation is 1. The summed E-state index contributed by atoms with van der Waals surface area (Å²) < 4.78 is 0. The molecule has 0 radical (unpaired) electrons. The number of piperazine rings is 1. The first-order valence-corrected chi connectivity index (χ1v) is 5.53. The van der Waals surface area contributed by atoms with Crippen LogP contribution in [0.2, 0.25) is 0 Å². The van der Waals surface area contributed by atoms with Crippen molar-refractivity contribution >= 4 is 5.97 Å². The molecule has 2 rings (SSSR count). The van der Waals surface area contributed by atoms with Crippen LogP contribution in [0.5, 0.6) is 0 Å². The highest BCUT2D eigenvalue weighted by molar-refractivity contribution is 5.69. The van der Waals surface area contributed by atoms with Crippen LogP contribution in [0.4, 0.5) is 0 Å². The molecular weight excluding hydrogens is 224 g/mol. The number of aliphatic carboxylic acids is 1. The normalized spacial score (nSPS) is 18.4. The van der Waals surface area contributed by atoms with E-state index in [-0.39, 0.29) is 6.54 Å². The summed E-state index contributed by atoms with van der Waals surface area (Å²) in [4.78, 5) is 16.1. The Morgan fingerprint density at radius 1 is 1.29 bits per heavy atom. The highest BCUT2D eigenvalue weighted by Crippen LogP contribution is 2.04. The standard InChI is InChI=1S/C9H16N6O2/c1-13-11-8(10-12-13)6-14-2-4-15(5-3-14)7-9(16)17/h2-7H2,1H3,(H,16,17). The van der Waals surface area contributed by atoms with Gasteiger partial charge in [0.1, 0.15) is 0 Å². The molecule has 0 amide bonds. The van der Waals surface area contributed by atoms with Gasteiger partial charge in [-0.3, -0.25) is 14.6 Å². The first-order valence-electron chi connectivity index (χ1n) is 5.53. The summed E-state index contributed by atoms with van der Waals surface area (Å²) in [7, 11) is 1.74. The van der Waals surface area contributed by atoms with E-state index in [0.717, 1.165) is 26.2 Å². The van der Waals surface area contributed by atoms with Crippen LogP contribution >= 0.6 is 0 Å². The van der Waals surface area contributed by atoms with E-state index >= 15 is 0 Å². The third-order valence-corrected chi connectivity index (χ3v) is 2.74. The van der Waals surface area contributed by atoms with Crippen LogP contribution in [0.15, 0.2) is 0 Å². The van der Waals surface area contributed by atoms with E-state index in [1.165, 1.54) is 4.80 Å². The summed E-state index contributed by atoms with van der Waals surface area (Å²) in [6.45, 7) is 4.02. The number of hydrogen-bond donors (Lipinski definition) is 1. The minimum absolute atomic E-state index is 0.122. The zero-order chi connectivity index (χ0) is 12.3. The van der Waals surface area contributed by atoms with Crippen LogP contribution in [0.3, 0.4) is 0 Å². The van der Waals surface area contributed by atoms with Crippen molar-refractivity contribution in [3.05, 3.63) is 5.82 Å². The van der Waals surface area contributed by atoms with Crippen LogP contribution < -0.4 is 0 Å². The van der Waals surface area contributed by atoms with Gasteiger partial charge in [0.15, 0.2) is 5.82 Å². The van der Waals surface area contributed by atoms with Gasteiger partial charge in [-0.05, 0) is 5.21 Å². The van der Waals surface area contributed by atoms with Crippen LogP contribution in [0.1, 0.15) is 5.82 Å². The summed E-state index contributed by atoms with van der Waals surface area (Å²) in [6, 6.07) is 0. The monoisotopic (exact) mass is 240 g/mol. The van der Waals surface area contributed by atoms with E-state index in [1.807, 2.05) is 4.90 Å². The summed E-state index contributed by atoms with van der Waals surface area (Å²) in [5.41, 5.74) is 0. The van der Waals surface area contributed by atoms with E-state index in [2.05, 4.69) is 20.3 Å². The lowest BCUT2D eigenvalue weighted by atomic mass is 10.3. The number of hydrogen-bond acceptors (Lipinski definition) is 6. The van der Waals surface area contributed by atoms with E-state index < -0.39 is 5.97 Å². The Morgan fingerprint density at radius 2 is 1.94 bits per heavy atom. The lowest BCUT2D eigenvalue weighted by Crippen LogP contribution is -2.47. The van der Waals surface area contributed by atoms with Crippen molar-refractivity contribution in [2.45, 2.75) is 6.54 Å². The summed E-state index contributed by atoms with van der Waals surface area (Å²) >= 11 is 0. The number of tetrazole rings is 1. The fourth-order valence-corrected chi connectivity index (χ4v) is 1.88. The predicted octanol–water partition coefficient (Wildman–Crippen LogP) is -1.59. The Labute approximate surface area is 98.8 Å². The van der Waals surface area contributed by atoms with E-state index in [4.69, 9.17) is 5.11 Å². The van der Waals surface area contributed by atoms with Crippen molar-refractivity contribution in [2.24, 2.45) is 7.05 Å². The zero-order valence-electron chi connectivity index (χ0n) is 9.78. The minimum Gasteiger partial charge on any atom is -0.480 e. The summed E-state index contributed by atoms with van der Waals surface area (Å²) in [5.74, 6) is -0.0618. The van der Waals surface area contributed by atoms with E-state index in [9.17, 15) is 4.79 Å². The molecule has 0 saturated carbocycles. The van der Waals surface area contributed by atoms with E-state index in [1.54, 1.807) is 7.05 Å². The molecule has 0 bridgehead atoms. The molecule has 94 valence electrons. The first kappa shape index (κ1) is 11.9. The van der Waals surface area contributed by atoms with Crippen LogP contribution in [0, 0.1) is 0 Å². The number of carboxylic acids is 1. The molecule has 17 heavy (non-hydrogen) atoms. The van der Waals surface area contributed by atoms with Crippen LogP contribution in [-0.4, -0.2) is 73.8 Å². The minimum atomic E-state index is -0.769. The van der Waals surface area contributed by atoms with Gasteiger partial charge in [0.05, 0.1) is 20.1 Å². The molecule has 1 aromatic rings. The highest BCUT2D eigenvalue weighted by atomic mass is 16.4. The quantitative estimate of drug-likeness (QED) is 0.679. The lowest BCUT2D eigenvalue weighted by molar-refractivity contribution is -0.138. The van der Waals surface area contributed by atoms with Gasteiger partial charge < -0.3 is 5.11 Å². The molecule has 0 spiro atoms. The van der Waals surface area contributed by atoms with Gasteiger partial charge in [-0.2, -0.15) is 4.80 Å². The largest absolute Gasteiger partial charge is 0.480 e. The second-order valence-electron chi connectivity index (χ2n) is 4.14. The predicted molar refractivity (Wildman–Crippen MR) is 58.2 cm³/mol. The maximum absolute atomic E-state index is 10.6. The first-order chi connectivity index (χ1) is 8.13. The second kappa shape index (κ2) is 5.19. The third-order valence-electron chi connectivity index (χ3n) is 2.74. The fourth-order valence-electron chi connectivity index (χ4n) is 1.88. The number of carboxylic acid groups (broad SMARTS) is 1. The third kappa shape index (κ3) is 3.46. The number of carbonyl (C=O) groups is 1. The van der Waals surface area contributed by atoms with Crippen LogP contribution in [-0.2, 0) is 18.4 Å². The molecule has 0 unspecified atom stereocenters. The Hall–Kier alpha value is -1.54. The molecule has 1 aromatic heterocycles. The average Bonchev–Trinajstić information content (AvgIpc) is 2.66. The molecule has 1 aliphatic heterocycles. The van der Waals surface area contributed by atoms with Gasteiger partial charge in [0, 0.05) is 26.2 Å². The molecule has 8 heteroatoms. The van der Waals surface area contributed by atoms with Crippen molar-refractivity contribution in [3.63, 3.8) is 0 Å². The van der Waals surface area contributed by atoms with Gasteiger partial charge in [-0.25, -0.2) is 0 Å². The number of nitrogens with zero attached hydrogens (tertiary/aromatic N) is 6. The lowest BCUT2D eigenvalue weighted by Gasteiger charge is -2.32. The molecule has 0 atom stereocenters. The molecule has 1 fully saturated rings. The van der Waals surface area contributed by atoms with Crippen molar-refractivity contribution < 1.29 is 9.90 Å². The Balaban J connectivity index is 1.77. The maximum Gasteiger partial charge on any atom is 0.317 e. The molecule has 0 aromatic carbocycles. The van der Waals surface area contributed by atoms with Gasteiger partial charge in [-0.15, -0.1) is 10.2 Å². The van der Waals surface area contributed by atoms with Gasteiger partial charge in [0.2, 0.25) is 0 Å². The molecule has 2 heterocycles. The highest BCUT2D eigenvalue weighted by Gasteiger charge is 2.19. The van der Waals surface area contributed by atoms with Crippen molar-refractivity contribution in [2.75, 3.05) is 32.7 Å². The molecule has 1 saturated heterocycles. The van der Waals surface area contributed by atoms with E-state index in [0.29, 0.717) is 12.4 Å². The SMILES string of the molecule is Cn1nnc(CN2CCN(CC(=O)O)CC2)n1. The van der Waals surface area contributed by atoms with Crippen molar-refractivity contribution in [1.29, 1.82) is 0 Å². The van der Waals surface area contributed by atoms with Crippen molar-refractivity contribution in [1.82, 2.24) is 30.0 Å². The zero-order valence-corrected chi connectivity index (χ0v) is 9.78. The summed E-state index contributed by atoms with van der Waals surface area (Å²) in [6.07, 6.45) is 0. The second-order valence-corrected chi connectivity index (χ2v) is 4.14. The number of rotatable bonds is 4. The Kier molecular flexibility index (Phi) is 3.64. The van der Waals surface area contributed by atoms with Gasteiger partial charge >= 0.3 is 5.97 Å². The maximum atomic E-state index is 10.6. The Bertz CT molecular complexity index is 385. The molecule has 0 aliphatic carbocycles. The smallest absolute Gasteiger partial charge is 0.317 e. The topological polar surface area (TPSA) is 87.4 Å². The van der Waals surface area contributed by atoms with Crippen molar-refractivity contribution in [3.8, 4) is 0 Å². The van der Waals surface area contributed by atoms with Gasteiger partial charge in [-0.1, -0.05) is 0 Å². The average molecular weight is 240 g/mol.